The molecule has 1 atom stereocenters. The zero-order chi connectivity index (χ0) is 11.0. The summed E-state index contributed by atoms with van der Waals surface area (Å²) in [4.78, 5) is 13.8. The smallest absolute Gasteiger partial charge is 0.260 e. The van der Waals surface area contributed by atoms with Crippen LogP contribution in [0.3, 0.4) is 0 Å². The summed E-state index contributed by atoms with van der Waals surface area (Å²) in [5.41, 5.74) is 11.5. The lowest BCUT2D eigenvalue weighted by Gasteiger charge is -2.14. The summed E-state index contributed by atoms with van der Waals surface area (Å²) in [6, 6.07) is 1.85. The molecule has 0 spiro atoms. The summed E-state index contributed by atoms with van der Waals surface area (Å²) in [6.45, 7) is 4.31. The lowest BCUT2D eigenvalue weighted by atomic mass is 10.2. The van der Waals surface area contributed by atoms with Crippen molar-refractivity contribution in [2.75, 3.05) is 23.7 Å². The number of nitrogens with two attached hydrogens (primary N) is 2. The molecule has 4 N–H and O–H groups in total. The molecule has 1 unspecified atom stereocenters. The number of anilines is 2. The van der Waals surface area contributed by atoms with E-state index in [0.717, 1.165) is 18.1 Å². The third-order valence-corrected chi connectivity index (χ3v) is 3.93. The number of carbonyl (C=O) groups excluding carboxylic acids is 1. The zero-order valence-corrected chi connectivity index (χ0v) is 9.51. The lowest BCUT2D eigenvalue weighted by Crippen LogP contribution is -2.17. The van der Waals surface area contributed by atoms with Gasteiger partial charge < -0.3 is 16.4 Å². The number of primary amides is 1. The topological polar surface area (TPSA) is 72.3 Å². The number of amides is 1. The minimum Gasteiger partial charge on any atom is -0.397 e. The summed E-state index contributed by atoms with van der Waals surface area (Å²) in [5, 5.41) is 1.06. The molecule has 15 heavy (non-hydrogen) atoms. The standard InChI is InChI=1S/C10H15N3OS/c1-6-2-3-13(5-6)8-4-7(11)9(15-8)10(12)14/h4,6H,2-3,5,11H2,1H3,(H2,12,14). The van der Waals surface area contributed by atoms with E-state index >= 15 is 0 Å². The third kappa shape index (κ3) is 1.92. The quantitative estimate of drug-likeness (QED) is 0.796. The van der Waals surface area contributed by atoms with Crippen LogP contribution in [0.5, 0.6) is 0 Å². The highest BCUT2D eigenvalue weighted by Crippen LogP contribution is 2.34. The van der Waals surface area contributed by atoms with Crippen molar-refractivity contribution in [3.05, 3.63) is 10.9 Å². The predicted octanol–water partition coefficient (Wildman–Crippen LogP) is 1.28. The van der Waals surface area contributed by atoms with E-state index in [-0.39, 0.29) is 0 Å². The van der Waals surface area contributed by atoms with E-state index in [4.69, 9.17) is 11.5 Å². The Kier molecular flexibility index (Phi) is 2.56. The monoisotopic (exact) mass is 225 g/mol. The molecular formula is C10H15N3OS. The van der Waals surface area contributed by atoms with Crippen molar-refractivity contribution in [1.29, 1.82) is 0 Å². The molecule has 4 nitrogen and oxygen atoms in total. The Bertz CT molecular complexity index is 388. The average Bonchev–Trinajstić information content (AvgIpc) is 2.71. The molecule has 0 aliphatic carbocycles. The van der Waals surface area contributed by atoms with Crippen LogP contribution in [0.2, 0.25) is 0 Å². The molecule has 82 valence electrons. The first-order valence-corrected chi connectivity index (χ1v) is 5.83. The molecule has 0 radical (unpaired) electrons. The highest BCUT2D eigenvalue weighted by molar-refractivity contribution is 7.18. The number of nitrogens with zero attached hydrogens (tertiary/aromatic N) is 1. The second kappa shape index (κ2) is 3.73. The van der Waals surface area contributed by atoms with Crippen LogP contribution in [0.1, 0.15) is 23.0 Å². The fourth-order valence-electron chi connectivity index (χ4n) is 1.88. The highest BCUT2D eigenvalue weighted by atomic mass is 32.1. The minimum absolute atomic E-state index is 0.434. The second-order valence-electron chi connectivity index (χ2n) is 4.07. The Morgan fingerprint density at radius 2 is 2.40 bits per heavy atom. The van der Waals surface area contributed by atoms with Crippen LogP contribution in [-0.2, 0) is 0 Å². The first-order chi connectivity index (χ1) is 7.08. The largest absolute Gasteiger partial charge is 0.397 e. The second-order valence-corrected chi connectivity index (χ2v) is 5.10. The summed E-state index contributed by atoms with van der Waals surface area (Å²) in [7, 11) is 0. The molecule has 5 heteroatoms. The molecule has 0 aromatic carbocycles. The summed E-state index contributed by atoms with van der Waals surface area (Å²) in [5.74, 6) is 0.279. The van der Waals surface area contributed by atoms with Gasteiger partial charge in [0.2, 0.25) is 0 Å². The number of carbonyl (C=O) groups is 1. The van der Waals surface area contributed by atoms with Gasteiger partial charge in [-0.15, -0.1) is 11.3 Å². The number of hydrogen-bond acceptors (Lipinski definition) is 4. The van der Waals surface area contributed by atoms with Gasteiger partial charge in [0.05, 0.1) is 10.7 Å². The number of thiophene rings is 1. The first-order valence-electron chi connectivity index (χ1n) is 5.02. The third-order valence-electron chi connectivity index (χ3n) is 2.71. The Morgan fingerprint density at radius 3 is 2.87 bits per heavy atom. The number of rotatable bonds is 2. The predicted molar refractivity (Wildman–Crippen MR) is 63.2 cm³/mol. The molecular weight excluding hydrogens is 210 g/mol. The normalized spacial score (nSPS) is 20.9. The molecule has 1 saturated heterocycles. The molecule has 0 saturated carbocycles. The first kappa shape index (κ1) is 10.3. The van der Waals surface area contributed by atoms with Gasteiger partial charge in [-0.3, -0.25) is 4.79 Å². The van der Waals surface area contributed by atoms with Crippen LogP contribution < -0.4 is 16.4 Å². The van der Waals surface area contributed by atoms with Gasteiger partial charge in [-0.25, -0.2) is 0 Å². The van der Waals surface area contributed by atoms with Crippen LogP contribution >= 0.6 is 11.3 Å². The molecule has 2 rings (SSSR count). The van der Waals surface area contributed by atoms with Gasteiger partial charge in [0.25, 0.3) is 5.91 Å². The summed E-state index contributed by atoms with van der Waals surface area (Å²) >= 11 is 1.39. The SMILES string of the molecule is CC1CCN(c2cc(N)c(C(N)=O)s2)C1. The van der Waals surface area contributed by atoms with Gasteiger partial charge in [0, 0.05) is 13.1 Å². The van der Waals surface area contributed by atoms with Crippen LogP contribution in [0.4, 0.5) is 10.7 Å². The maximum atomic E-state index is 11.0. The molecule has 1 aliphatic rings. The van der Waals surface area contributed by atoms with Crippen molar-refractivity contribution in [2.45, 2.75) is 13.3 Å². The molecule has 1 fully saturated rings. The summed E-state index contributed by atoms with van der Waals surface area (Å²) < 4.78 is 0. The maximum Gasteiger partial charge on any atom is 0.260 e. The van der Waals surface area contributed by atoms with Gasteiger partial charge in [-0.1, -0.05) is 6.92 Å². The maximum absolute atomic E-state index is 11.0. The van der Waals surface area contributed by atoms with Crippen LogP contribution in [0, 0.1) is 5.92 Å². The van der Waals surface area contributed by atoms with E-state index in [1.54, 1.807) is 0 Å². The van der Waals surface area contributed by atoms with E-state index in [1.807, 2.05) is 6.07 Å². The highest BCUT2D eigenvalue weighted by Gasteiger charge is 2.22. The van der Waals surface area contributed by atoms with Crippen molar-refractivity contribution < 1.29 is 4.79 Å². The Hall–Kier alpha value is -1.23. The molecule has 1 aliphatic heterocycles. The minimum atomic E-state index is -0.434. The Morgan fingerprint density at radius 1 is 1.67 bits per heavy atom. The lowest BCUT2D eigenvalue weighted by molar-refractivity contribution is 0.100. The van der Waals surface area contributed by atoms with E-state index < -0.39 is 5.91 Å². The molecule has 1 aromatic heterocycles. The van der Waals surface area contributed by atoms with Gasteiger partial charge >= 0.3 is 0 Å². The zero-order valence-electron chi connectivity index (χ0n) is 8.69. The Balaban J connectivity index is 2.23. The van der Waals surface area contributed by atoms with Crippen molar-refractivity contribution >= 4 is 27.9 Å². The average molecular weight is 225 g/mol. The van der Waals surface area contributed by atoms with Gasteiger partial charge in [-0.2, -0.15) is 0 Å². The Labute approximate surface area is 92.9 Å². The van der Waals surface area contributed by atoms with E-state index in [2.05, 4.69) is 11.8 Å². The fourth-order valence-corrected chi connectivity index (χ4v) is 2.84. The van der Waals surface area contributed by atoms with Crippen LogP contribution in [0.15, 0.2) is 6.07 Å². The number of nitrogen functional groups attached to an aromatic ring is 1. The van der Waals surface area contributed by atoms with E-state index in [0.29, 0.717) is 16.5 Å². The van der Waals surface area contributed by atoms with E-state index in [9.17, 15) is 4.79 Å². The molecule has 0 bridgehead atoms. The van der Waals surface area contributed by atoms with Crippen LogP contribution in [-0.4, -0.2) is 19.0 Å². The van der Waals surface area contributed by atoms with Gasteiger partial charge in [0.1, 0.15) is 4.88 Å². The molecule has 1 amide bonds. The van der Waals surface area contributed by atoms with Crippen LogP contribution in [0.25, 0.3) is 0 Å². The summed E-state index contributed by atoms with van der Waals surface area (Å²) in [6.07, 6.45) is 1.20. The van der Waals surface area contributed by atoms with E-state index in [1.165, 1.54) is 17.8 Å². The van der Waals surface area contributed by atoms with Crippen molar-refractivity contribution in [3.8, 4) is 0 Å². The molecule has 2 heterocycles. The molecule has 1 aromatic rings. The van der Waals surface area contributed by atoms with Gasteiger partial charge in [-0.05, 0) is 18.4 Å². The van der Waals surface area contributed by atoms with Crippen molar-refractivity contribution in [3.63, 3.8) is 0 Å². The van der Waals surface area contributed by atoms with Gasteiger partial charge in [0.15, 0.2) is 0 Å². The van der Waals surface area contributed by atoms with Crippen molar-refractivity contribution in [2.24, 2.45) is 11.7 Å². The van der Waals surface area contributed by atoms with Crippen molar-refractivity contribution in [1.82, 2.24) is 0 Å². The fraction of sp³-hybridized carbons (Fsp3) is 0.500. The number of hydrogen-bond donors (Lipinski definition) is 2.